The fourth-order valence-electron chi connectivity index (χ4n) is 11.4. The lowest BCUT2D eigenvalue weighted by Gasteiger charge is -2.37. The molecule has 62 heavy (non-hydrogen) atoms. The fraction of sp³-hybridized carbons (Fsp3) is 0.233. The summed E-state index contributed by atoms with van der Waals surface area (Å²) >= 11 is 1.94. The Labute approximate surface area is 373 Å². The lowest BCUT2D eigenvalue weighted by molar-refractivity contribution is 0.478. The number of fused-ring (bicyclic) bond motifs is 7. The lowest BCUT2D eigenvalue weighted by Crippen LogP contribution is -2.35. The van der Waals surface area contributed by atoms with E-state index in [4.69, 9.17) is 0 Å². The van der Waals surface area contributed by atoms with E-state index in [1.54, 1.807) is 0 Å². The first-order valence-corrected chi connectivity index (χ1v) is 23.7. The Balaban J connectivity index is 0.920. The van der Waals surface area contributed by atoms with Crippen molar-refractivity contribution in [2.45, 2.75) is 75.1 Å². The summed E-state index contributed by atoms with van der Waals surface area (Å²) in [6.07, 6.45) is 28.3. The minimum absolute atomic E-state index is 0.0187. The second kappa shape index (κ2) is 15.2. The number of hydrogen-bond acceptors (Lipinski definition) is 2. The molecule has 0 saturated heterocycles. The van der Waals surface area contributed by atoms with Gasteiger partial charge in [0.25, 0.3) is 0 Å². The van der Waals surface area contributed by atoms with Gasteiger partial charge in [-0.25, -0.2) is 0 Å². The average Bonchev–Trinajstić information content (AvgIpc) is 3.68. The fourth-order valence-corrected chi connectivity index (χ4v) is 12.4. The summed E-state index contributed by atoms with van der Waals surface area (Å²) in [5, 5.41) is 0. The third-order valence-corrected chi connectivity index (χ3v) is 15.9. The summed E-state index contributed by atoms with van der Waals surface area (Å²) < 4.78 is 0. The molecule has 0 N–H and O–H groups in total. The smallest absolute Gasteiger partial charge is 0.0560 e. The van der Waals surface area contributed by atoms with E-state index in [-0.39, 0.29) is 16.9 Å². The van der Waals surface area contributed by atoms with Gasteiger partial charge in [0.2, 0.25) is 0 Å². The molecule has 2 heteroatoms. The van der Waals surface area contributed by atoms with Crippen LogP contribution in [0.4, 0.5) is 5.69 Å². The molecule has 6 aliphatic rings. The summed E-state index contributed by atoms with van der Waals surface area (Å²) in [5.41, 5.74) is 21.4. The Bertz CT molecular complexity index is 2900. The van der Waals surface area contributed by atoms with Gasteiger partial charge in [0.15, 0.2) is 0 Å². The molecule has 5 aromatic rings. The van der Waals surface area contributed by atoms with Gasteiger partial charge in [-0.05, 0) is 146 Å². The van der Waals surface area contributed by atoms with Crippen LogP contribution >= 0.6 is 11.8 Å². The van der Waals surface area contributed by atoms with Crippen LogP contribution in [0.5, 0.6) is 0 Å². The highest BCUT2D eigenvalue weighted by Crippen LogP contribution is 2.52. The average molecular weight is 822 g/mol. The maximum absolute atomic E-state index is 4.67. The monoisotopic (exact) mass is 821 g/mol. The van der Waals surface area contributed by atoms with E-state index in [9.17, 15) is 0 Å². The standard InChI is InChI=1S/C60H55NS/c1-39-48(22-14-34-62-58-25-11-8-19-49(39)58)40-26-29-45(30-27-40)61(47-31-32-52-50-20-6-9-23-54(50)60(4,5)57(52)38-47)46-18-13-17-43(36-46)41-15-12-16-42(35-41)44-28-33-56-53(37-44)51-21-7-10-24-55(51)59(56,2)3/h6-13,15-16,18-29,31-33,36-38,41,43,45H,1,14,17,30,34-35H2,2-5H3/b48-22+. The van der Waals surface area contributed by atoms with Crippen LogP contribution in [0, 0.1) is 11.8 Å². The zero-order valence-corrected chi connectivity index (χ0v) is 37.3. The summed E-state index contributed by atoms with van der Waals surface area (Å²) in [7, 11) is 0. The molecule has 3 atom stereocenters. The van der Waals surface area contributed by atoms with Gasteiger partial charge in [-0.1, -0.05) is 174 Å². The number of allylic oxidation sites excluding steroid dienone is 12. The highest BCUT2D eigenvalue weighted by molar-refractivity contribution is 7.99. The van der Waals surface area contributed by atoms with Crippen molar-refractivity contribution in [2.24, 2.45) is 11.8 Å². The quantitative estimate of drug-likeness (QED) is 0.168. The first kappa shape index (κ1) is 39.0. The predicted molar refractivity (Wildman–Crippen MR) is 266 cm³/mol. The molecule has 0 aromatic heterocycles. The van der Waals surface area contributed by atoms with Crippen LogP contribution in [0.25, 0.3) is 33.4 Å². The van der Waals surface area contributed by atoms with Crippen LogP contribution in [0.3, 0.4) is 0 Å². The van der Waals surface area contributed by atoms with E-state index in [2.05, 4.69) is 209 Å². The number of hydrogen-bond donors (Lipinski definition) is 0. The summed E-state index contributed by atoms with van der Waals surface area (Å²) in [6.45, 7) is 14.2. The van der Waals surface area contributed by atoms with Crippen LogP contribution in [0.1, 0.15) is 86.8 Å². The normalized spacial score (nSPS) is 23.3. The molecule has 0 fully saturated rings. The molecule has 5 aromatic carbocycles. The number of nitrogens with zero attached hydrogens (tertiary/aromatic N) is 1. The van der Waals surface area contributed by atoms with Gasteiger partial charge >= 0.3 is 0 Å². The van der Waals surface area contributed by atoms with Crippen molar-refractivity contribution in [3.8, 4) is 22.3 Å². The molecule has 306 valence electrons. The maximum Gasteiger partial charge on any atom is 0.0560 e. The molecule has 3 unspecified atom stereocenters. The second-order valence-corrected chi connectivity index (χ2v) is 20.2. The van der Waals surface area contributed by atoms with E-state index in [1.807, 2.05) is 11.8 Å². The van der Waals surface area contributed by atoms with Crippen LogP contribution in [-0.4, -0.2) is 11.8 Å². The molecule has 0 amide bonds. The highest BCUT2D eigenvalue weighted by Gasteiger charge is 2.38. The lowest BCUT2D eigenvalue weighted by atomic mass is 9.77. The molecule has 5 aliphatic carbocycles. The van der Waals surface area contributed by atoms with Crippen molar-refractivity contribution >= 4 is 28.6 Å². The van der Waals surface area contributed by atoms with Crippen molar-refractivity contribution in [1.29, 1.82) is 0 Å². The van der Waals surface area contributed by atoms with Crippen molar-refractivity contribution in [3.05, 3.63) is 227 Å². The van der Waals surface area contributed by atoms with E-state index >= 15 is 0 Å². The Kier molecular flexibility index (Phi) is 9.58. The molecular weight excluding hydrogens is 767 g/mol. The molecule has 0 saturated carbocycles. The Hall–Kier alpha value is -5.83. The summed E-state index contributed by atoms with van der Waals surface area (Å²) in [4.78, 5) is 3.97. The molecular formula is C60H55NS. The maximum atomic E-state index is 4.67. The van der Waals surface area contributed by atoms with Crippen molar-refractivity contribution in [1.82, 2.24) is 0 Å². The third kappa shape index (κ3) is 6.44. The number of rotatable bonds is 6. The van der Waals surface area contributed by atoms with Gasteiger partial charge in [0.05, 0.1) is 6.04 Å². The Morgan fingerprint density at radius 3 is 2.15 bits per heavy atom. The molecule has 1 aliphatic heterocycles. The molecule has 1 heterocycles. The van der Waals surface area contributed by atoms with Gasteiger partial charge in [0, 0.05) is 32.9 Å². The van der Waals surface area contributed by atoms with E-state index < -0.39 is 0 Å². The van der Waals surface area contributed by atoms with Crippen LogP contribution < -0.4 is 4.90 Å². The van der Waals surface area contributed by atoms with Gasteiger partial charge in [-0.3, -0.25) is 0 Å². The zero-order valence-electron chi connectivity index (χ0n) is 36.5. The van der Waals surface area contributed by atoms with Crippen LogP contribution in [0.15, 0.2) is 198 Å². The number of thioether (sulfide) groups is 1. The van der Waals surface area contributed by atoms with Gasteiger partial charge in [0.1, 0.15) is 0 Å². The Morgan fingerprint density at radius 1 is 0.645 bits per heavy atom. The van der Waals surface area contributed by atoms with E-state index in [0.717, 1.165) is 37.0 Å². The van der Waals surface area contributed by atoms with Crippen molar-refractivity contribution < 1.29 is 0 Å². The van der Waals surface area contributed by atoms with Crippen LogP contribution in [-0.2, 0) is 10.8 Å². The topological polar surface area (TPSA) is 3.24 Å². The number of anilines is 1. The minimum Gasteiger partial charge on any atom is -0.334 e. The zero-order chi connectivity index (χ0) is 42.2. The van der Waals surface area contributed by atoms with Crippen molar-refractivity contribution in [3.63, 3.8) is 0 Å². The van der Waals surface area contributed by atoms with Gasteiger partial charge in [-0.2, -0.15) is 0 Å². The molecule has 0 spiro atoms. The minimum atomic E-state index is -0.0764. The van der Waals surface area contributed by atoms with Gasteiger partial charge < -0.3 is 4.90 Å². The molecule has 0 bridgehead atoms. The van der Waals surface area contributed by atoms with Gasteiger partial charge in [-0.15, -0.1) is 11.8 Å². The molecule has 1 nitrogen and oxygen atoms in total. The second-order valence-electron chi connectivity index (χ2n) is 19.1. The third-order valence-electron chi connectivity index (χ3n) is 14.8. The molecule has 11 rings (SSSR count). The SMILES string of the molecule is C=C1/C(C2=CCC(N(C3=CC(C4C=CC=C(c5ccc6c(c5)-c5ccccc5C6(C)C)C4)CC=C3)c3ccc4c(c3)C(C)(C)c3ccccc3-4)C=C2)=C\CCSc2ccccc21. The Morgan fingerprint density at radius 2 is 1.35 bits per heavy atom. The predicted octanol–water partition coefficient (Wildman–Crippen LogP) is 15.6. The van der Waals surface area contributed by atoms with Crippen LogP contribution in [0.2, 0.25) is 0 Å². The number of benzene rings is 5. The first-order chi connectivity index (χ1) is 30.2. The first-order valence-electron chi connectivity index (χ1n) is 22.7. The largest absolute Gasteiger partial charge is 0.334 e. The summed E-state index contributed by atoms with van der Waals surface area (Å²) in [5.74, 6) is 1.88. The van der Waals surface area contributed by atoms with Crippen molar-refractivity contribution in [2.75, 3.05) is 10.7 Å². The summed E-state index contributed by atoms with van der Waals surface area (Å²) in [6, 6.07) is 41.4. The van der Waals surface area contributed by atoms with E-state index in [0.29, 0.717) is 11.8 Å². The highest BCUT2D eigenvalue weighted by atomic mass is 32.2. The van der Waals surface area contributed by atoms with E-state index in [1.165, 1.54) is 88.6 Å². The molecule has 0 radical (unpaired) electrons.